The molecule has 9 nitrogen and oxygen atoms in total. The molecule has 10 heteroatoms. The van der Waals surface area contributed by atoms with E-state index in [0.29, 0.717) is 28.8 Å². The van der Waals surface area contributed by atoms with Crippen LogP contribution in [0.1, 0.15) is 28.0 Å². The van der Waals surface area contributed by atoms with E-state index in [9.17, 15) is 24.7 Å². The fourth-order valence-corrected chi connectivity index (χ4v) is 5.03. The van der Waals surface area contributed by atoms with E-state index < -0.39 is 11.9 Å². The van der Waals surface area contributed by atoms with Crippen LogP contribution in [0.5, 0.6) is 5.75 Å². The van der Waals surface area contributed by atoms with Crippen LogP contribution < -0.4 is 9.64 Å². The molecule has 0 aliphatic carbocycles. The number of Topliss-reactive ketones (excluding diaryl/α,β-unsaturated/α-hetero) is 1. The Hall–Kier alpha value is -4.72. The third-order valence-corrected chi connectivity index (χ3v) is 6.96. The number of β-amino-alcohol motifs (C(OH)–C–C–N with tert-alkyl or cyclic N) is 1. The number of hydrogen-bond donors (Lipinski definition) is 2. The predicted octanol–water partition coefficient (Wildman–Crippen LogP) is 3.58. The minimum atomic E-state index is -0.639. The standard InChI is InChI=1S/C30H26FN5O4/c1-40-28-4-2-3-24(31)29(28)30-34-10-8-25(35-30)27(39)12-19-6-5-18(23-7-9-33-15-20(23)14-32)11-26(19)36-16-22(38)13-21(36)17-37/h2-11,15,21-22,37-38H,12-13,16-17H2,1H3/t21-,22-/m0/s1. The van der Waals surface area contributed by atoms with Gasteiger partial charge in [-0.2, -0.15) is 5.26 Å². The molecule has 0 radical (unpaired) electrons. The van der Waals surface area contributed by atoms with Crippen LogP contribution >= 0.6 is 0 Å². The Morgan fingerprint density at radius 1 is 1.23 bits per heavy atom. The Bertz CT molecular complexity index is 1610. The molecule has 2 N–H and O–H groups in total. The number of carbonyl (C=O) groups excluding carboxylic acids is 1. The molecule has 0 bridgehead atoms. The third kappa shape index (κ3) is 5.25. The van der Waals surface area contributed by atoms with Gasteiger partial charge in [0.05, 0.1) is 37.0 Å². The second-order valence-electron chi connectivity index (χ2n) is 9.44. The number of nitrogens with zero attached hydrogens (tertiary/aromatic N) is 5. The van der Waals surface area contributed by atoms with Gasteiger partial charge in [-0.05, 0) is 47.9 Å². The number of pyridine rings is 1. The quantitative estimate of drug-likeness (QED) is 0.322. The molecule has 5 rings (SSSR count). The Balaban J connectivity index is 1.53. The first-order chi connectivity index (χ1) is 19.4. The molecule has 202 valence electrons. The fraction of sp³-hybridized carbons (Fsp3) is 0.233. The number of methoxy groups -OCH3 is 1. The summed E-state index contributed by atoms with van der Waals surface area (Å²) >= 11 is 0. The second-order valence-corrected chi connectivity index (χ2v) is 9.44. The molecule has 2 atom stereocenters. The van der Waals surface area contributed by atoms with Crippen LogP contribution in [0.15, 0.2) is 67.1 Å². The molecule has 1 aliphatic heterocycles. The first-order valence-electron chi connectivity index (χ1n) is 12.7. The van der Waals surface area contributed by atoms with Gasteiger partial charge in [-0.3, -0.25) is 9.78 Å². The molecule has 2 aromatic carbocycles. The summed E-state index contributed by atoms with van der Waals surface area (Å²) in [6, 6.07) is 14.9. The van der Waals surface area contributed by atoms with Crippen molar-refractivity contribution in [3.63, 3.8) is 0 Å². The number of ether oxygens (including phenoxy) is 1. The van der Waals surface area contributed by atoms with Gasteiger partial charge in [-0.1, -0.05) is 18.2 Å². The van der Waals surface area contributed by atoms with E-state index in [1.807, 2.05) is 17.0 Å². The summed E-state index contributed by atoms with van der Waals surface area (Å²) in [6.45, 7) is 0.106. The molecule has 0 saturated carbocycles. The maximum absolute atomic E-state index is 14.6. The number of aliphatic hydroxyl groups excluding tert-OH is 2. The highest BCUT2D eigenvalue weighted by Crippen LogP contribution is 2.35. The predicted molar refractivity (Wildman–Crippen MR) is 145 cm³/mol. The van der Waals surface area contributed by atoms with Gasteiger partial charge in [0.1, 0.15) is 23.3 Å². The summed E-state index contributed by atoms with van der Waals surface area (Å²) in [6.07, 6.45) is 4.18. The summed E-state index contributed by atoms with van der Waals surface area (Å²) in [7, 11) is 1.42. The van der Waals surface area contributed by atoms with Crippen LogP contribution in [-0.2, 0) is 6.42 Å². The monoisotopic (exact) mass is 539 g/mol. The number of aliphatic hydroxyl groups is 2. The number of anilines is 1. The Labute approximate surface area is 230 Å². The van der Waals surface area contributed by atoms with Gasteiger partial charge in [-0.25, -0.2) is 14.4 Å². The maximum Gasteiger partial charge on any atom is 0.185 e. The molecular weight excluding hydrogens is 513 g/mol. The lowest BCUT2D eigenvalue weighted by Crippen LogP contribution is -2.33. The topological polar surface area (TPSA) is 132 Å². The van der Waals surface area contributed by atoms with E-state index in [1.54, 1.807) is 24.4 Å². The van der Waals surface area contributed by atoms with Crippen LogP contribution in [0.2, 0.25) is 0 Å². The zero-order valence-electron chi connectivity index (χ0n) is 21.7. The highest BCUT2D eigenvalue weighted by molar-refractivity contribution is 5.97. The summed E-state index contributed by atoms with van der Waals surface area (Å²) in [4.78, 5) is 27.9. The average molecular weight is 540 g/mol. The van der Waals surface area contributed by atoms with Crippen molar-refractivity contribution in [2.75, 3.05) is 25.2 Å². The molecule has 0 unspecified atom stereocenters. The zero-order chi connectivity index (χ0) is 28.2. The molecule has 0 amide bonds. The SMILES string of the molecule is COc1cccc(F)c1-c1nccc(C(=O)Cc2ccc(-c3ccncc3C#N)cc2N2C[C@@H](O)C[C@H]2CO)n1. The average Bonchev–Trinajstić information content (AvgIpc) is 3.37. The van der Waals surface area contributed by atoms with Crippen molar-refractivity contribution in [3.8, 4) is 34.3 Å². The summed E-state index contributed by atoms with van der Waals surface area (Å²) in [5, 5.41) is 29.9. The highest BCUT2D eigenvalue weighted by atomic mass is 19.1. The molecule has 1 aliphatic rings. The van der Waals surface area contributed by atoms with Gasteiger partial charge in [-0.15, -0.1) is 0 Å². The van der Waals surface area contributed by atoms with E-state index >= 15 is 0 Å². The van der Waals surface area contributed by atoms with Gasteiger partial charge in [0.15, 0.2) is 11.6 Å². The molecule has 2 aromatic heterocycles. The number of rotatable bonds is 8. The Kier molecular flexibility index (Phi) is 7.77. The van der Waals surface area contributed by atoms with E-state index in [2.05, 4.69) is 21.0 Å². The molecule has 0 spiro atoms. The minimum absolute atomic E-state index is 0.0288. The molecule has 4 aromatic rings. The zero-order valence-corrected chi connectivity index (χ0v) is 21.7. The van der Waals surface area contributed by atoms with Crippen LogP contribution in [0.3, 0.4) is 0 Å². The minimum Gasteiger partial charge on any atom is -0.496 e. The number of aromatic nitrogens is 3. The summed E-state index contributed by atoms with van der Waals surface area (Å²) < 4.78 is 19.9. The van der Waals surface area contributed by atoms with Crippen LogP contribution in [0.4, 0.5) is 10.1 Å². The lowest BCUT2D eigenvalue weighted by atomic mass is 9.96. The number of nitriles is 1. The molecule has 1 fully saturated rings. The lowest BCUT2D eigenvalue weighted by molar-refractivity contribution is 0.0988. The van der Waals surface area contributed by atoms with Crippen LogP contribution in [0, 0.1) is 17.1 Å². The molecular formula is C30H26FN5O4. The van der Waals surface area contributed by atoms with E-state index in [-0.39, 0.29) is 54.2 Å². The van der Waals surface area contributed by atoms with Crippen LogP contribution in [0.25, 0.3) is 22.5 Å². The van der Waals surface area contributed by atoms with Crippen molar-refractivity contribution in [1.82, 2.24) is 15.0 Å². The lowest BCUT2D eigenvalue weighted by Gasteiger charge is -2.28. The summed E-state index contributed by atoms with van der Waals surface area (Å²) in [5.74, 6) is -0.619. The highest BCUT2D eigenvalue weighted by Gasteiger charge is 2.32. The fourth-order valence-electron chi connectivity index (χ4n) is 5.03. The van der Waals surface area contributed by atoms with Gasteiger partial charge < -0.3 is 19.8 Å². The van der Waals surface area contributed by atoms with Crippen LogP contribution in [-0.4, -0.2) is 63.4 Å². The van der Waals surface area contributed by atoms with E-state index in [1.165, 1.54) is 37.7 Å². The van der Waals surface area contributed by atoms with Crippen molar-refractivity contribution >= 4 is 11.5 Å². The van der Waals surface area contributed by atoms with Crippen molar-refractivity contribution < 1.29 is 24.1 Å². The van der Waals surface area contributed by atoms with E-state index in [4.69, 9.17) is 4.74 Å². The normalized spacial score (nSPS) is 16.5. The van der Waals surface area contributed by atoms with Crippen molar-refractivity contribution in [2.45, 2.75) is 25.0 Å². The van der Waals surface area contributed by atoms with Gasteiger partial charge >= 0.3 is 0 Å². The van der Waals surface area contributed by atoms with Crippen molar-refractivity contribution in [2.24, 2.45) is 0 Å². The smallest absolute Gasteiger partial charge is 0.185 e. The van der Waals surface area contributed by atoms with Gasteiger partial charge in [0.2, 0.25) is 0 Å². The third-order valence-electron chi connectivity index (χ3n) is 6.96. The molecule has 1 saturated heterocycles. The number of halogens is 1. The largest absolute Gasteiger partial charge is 0.496 e. The number of benzene rings is 2. The maximum atomic E-state index is 14.6. The first kappa shape index (κ1) is 26.9. The molecule has 3 heterocycles. The number of hydrogen-bond acceptors (Lipinski definition) is 9. The second kappa shape index (κ2) is 11.6. The first-order valence-corrected chi connectivity index (χ1v) is 12.7. The number of ketones is 1. The van der Waals surface area contributed by atoms with E-state index in [0.717, 1.165) is 5.56 Å². The van der Waals surface area contributed by atoms with Crippen molar-refractivity contribution in [1.29, 1.82) is 5.26 Å². The van der Waals surface area contributed by atoms with Gasteiger partial charge in [0, 0.05) is 42.8 Å². The Morgan fingerprint density at radius 2 is 2.08 bits per heavy atom. The van der Waals surface area contributed by atoms with Crippen molar-refractivity contribution in [3.05, 3.63) is 89.8 Å². The summed E-state index contributed by atoms with van der Waals surface area (Å²) in [5.41, 5.74) is 3.29. The van der Waals surface area contributed by atoms with Gasteiger partial charge in [0.25, 0.3) is 0 Å². The Morgan fingerprint density at radius 3 is 2.85 bits per heavy atom. The molecule has 40 heavy (non-hydrogen) atoms. The number of carbonyl (C=O) groups is 1.